The number of carboxylic acids is 1. The van der Waals surface area contributed by atoms with Gasteiger partial charge in [0.25, 0.3) is 0 Å². The van der Waals surface area contributed by atoms with Gasteiger partial charge in [0.1, 0.15) is 0 Å². The van der Waals surface area contributed by atoms with Gasteiger partial charge in [0.2, 0.25) is 0 Å². The number of aromatic nitrogens is 1. The van der Waals surface area contributed by atoms with Gasteiger partial charge in [-0.2, -0.15) is 0 Å². The average molecular weight is 338 g/mol. The molecule has 0 unspecified atom stereocenters. The van der Waals surface area contributed by atoms with E-state index >= 15 is 0 Å². The molecule has 1 aromatic heterocycles. The van der Waals surface area contributed by atoms with E-state index in [1.165, 1.54) is 0 Å². The number of aliphatic carboxylic acids is 1. The first kappa shape index (κ1) is 14.8. The number of rotatable bonds is 7. The fourth-order valence-electron chi connectivity index (χ4n) is 1.90. The first-order valence-electron chi connectivity index (χ1n) is 6.57. The number of oxazole rings is 1. The third-order valence-electron chi connectivity index (χ3n) is 2.96. The Morgan fingerprint density at radius 3 is 2.65 bits per heavy atom. The molecule has 2 aromatic rings. The standard InChI is InChI=1S/C15H16BrNO3/c16-12-8-6-11(7-9-12)13-10-17-14(20-13)4-2-1-3-5-15(18)19/h6-10H,1-5H2,(H,18,19). The Kier molecular flexibility index (Phi) is 5.35. The number of benzene rings is 1. The zero-order chi connectivity index (χ0) is 14.4. The van der Waals surface area contributed by atoms with Crippen LogP contribution in [0.25, 0.3) is 11.3 Å². The van der Waals surface area contributed by atoms with Crippen molar-refractivity contribution in [3.05, 3.63) is 40.8 Å². The van der Waals surface area contributed by atoms with Gasteiger partial charge in [-0.05, 0) is 25.0 Å². The number of nitrogens with zero attached hydrogens (tertiary/aromatic N) is 1. The van der Waals surface area contributed by atoms with Crippen molar-refractivity contribution in [3.8, 4) is 11.3 Å². The minimum absolute atomic E-state index is 0.232. The third kappa shape index (κ3) is 4.49. The van der Waals surface area contributed by atoms with Gasteiger partial charge in [0.05, 0.1) is 6.20 Å². The highest BCUT2D eigenvalue weighted by Crippen LogP contribution is 2.23. The molecule has 0 saturated carbocycles. The summed E-state index contributed by atoms with van der Waals surface area (Å²) in [5.74, 6) is 0.731. The van der Waals surface area contributed by atoms with Gasteiger partial charge >= 0.3 is 5.97 Å². The summed E-state index contributed by atoms with van der Waals surface area (Å²) in [5.41, 5.74) is 0.998. The Morgan fingerprint density at radius 1 is 1.20 bits per heavy atom. The molecular weight excluding hydrogens is 322 g/mol. The Bertz CT molecular complexity index is 563. The van der Waals surface area contributed by atoms with Crippen LogP contribution in [-0.2, 0) is 11.2 Å². The molecular formula is C15H16BrNO3. The van der Waals surface area contributed by atoms with Crippen LogP contribution in [0.4, 0.5) is 0 Å². The van der Waals surface area contributed by atoms with E-state index in [4.69, 9.17) is 9.52 Å². The van der Waals surface area contributed by atoms with Crippen molar-refractivity contribution in [2.75, 3.05) is 0 Å². The third-order valence-corrected chi connectivity index (χ3v) is 3.49. The van der Waals surface area contributed by atoms with Crippen LogP contribution in [0.15, 0.2) is 39.4 Å². The zero-order valence-electron chi connectivity index (χ0n) is 11.0. The van der Waals surface area contributed by atoms with Crippen molar-refractivity contribution in [3.63, 3.8) is 0 Å². The number of carbonyl (C=O) groups is 1. The van der Waals surface area contributed by atoms with Crippen molar-refractivity contribution in [2.45, 2.75) is 32.1 Å². The van der Waals surface area contributed by atoms with Gasteiger partial charge < -0.3 is 9.52 Å². The van der Waals surface area contributed by atoms with E-state index in [0.29, 0.717) is 12.3 Å². The summed E-state index contributed by atoms with van der Waals surface area (Å²) in [7, 11) is 0. The molecule has 2 rings (SSSR count). The van der Waals surface area contributed by atoms with Crippen molar-refractivity contribution >= 4 is 21.9 Å². The molecule has 0 spiro atoms. The number of carboxylic acid groups (broad SMARTS) is 1. The number of unbranched alkanes of at least 4 members (excludes halogenated alkanes) is 2. The molecule has 0 aliphatic rings. The van der Waals surface area contributed by atoms with Crippen molar-refractivity contribution in [1.82, 2.24) is 4.98 Å². The van der Waals surface area contributed by atoms with Crippen LogP contribution in [0, 0.1) is 0 Å². The van der Waals surface area contributed by atoms with E-state index in [0.717, 1.165) is 35.1 Å². The fourth-order valence-corrected chi connectivity index (χ4v) is 2.17. The van der Waals surface area contributed by atoms with E-state index < -0.39 is 5.97 Å². The summed E-state index contributed by atoms with van der Waals surface area (Å²) >= 11 is 3.39. The van der Waals surface area contributed by atoms with Gasteiger partial charge in [0, 0.05) is 22.9 Å². The number of halogens is 1. The second-order valence-electron chi connectivity index (χ2n) is 4.58. The van der Waals surface area contributed by atoms with Gasteiger partial charge in [-0.15, -0.1) is 0 Å². The van der Waals surface area contributed by atoms with E-state index in [2.05, 4.69) is 20.9 Å². The SMILES string of the molecule is O=C(O)CCCCCc1ncc(-c2ccc(Br)cc2)o1. The molecule has 1 N–H and O–H groups in total. The molecule has 0 saturated heterocycles. The summed E-state index contributed by atoms with van der Waals surface area (Å²) in [6.07, 6.45) is 5.19. The average Bonchev–Trinajstić information content (AvgIpc) is 2.87. The van der Waals surface area contributed by atoms with Gasteiger partial charge in [-0.3, -0.25) is 4.79 Å². The summed E-state index contributed by atoms with van der Waals surface area (Å²) in [4.78, 5) is 14.6. The molecule has 5 heteroatoms. The van der Waals surface area contributed by atoms with Crippen molar-refractivity contribution in [2.24, 2.45) is 0 Å². The monoisotopic (exact) mass is 337 g/mol. The van der Waals surface area contributed by atoms with Crippen molar-refractivity contribution < 1.29 is 14.3 Å². The van der Waals surface area contributed by atoms with Crippen LogP contribution in [0.2, 0.25) is 0 Å². The minimum Gasteiger partial charge on any atom is -0.481 e. The molecule has 0 aliphatic heterocycles. The normalized spacial score (nSPS) is 10.7. The lowest BCUT2D eigenvalue weighted by Crippen LogP contribution is -1.94. The number of hydrogen-bond donors (Lipinski definition) is 1. The Morgan fingerprint density at radius 2 is 1.95 bits per heavy atom. The number of aryl methyl sites for hydroxylation is 1. The maximum Gasteiger partial charge on any atom is 0.303 e. The molecule has 106 valence electrons. The second kappa shape index (κ2) is 7.24. The van der Waals surface area contributed by atoms with E-state index in [1.807, 2.05) is 24.3 Å². The molecule has 20 heavy (non-hydrogen) atoms. The van der Waals surface area contributed by atoms with Crippen LogP contribution in [0.3, 0.4) is 0 Å². The lowest BCUT2D eigenvalue weighted by molar-refractivity contribution is -0.137. The van der Waals surface area contributed by atoms with Gasteiger partial charge in [-0.25, -0.2) is 4.98 Å². The summed E-state index contributed by atoms with van der Waals surface area (Å²) in [6, 6.07) is 7.87. The van der Waals surface area contributed by atoms with Crippen LogP contribution in [-0.4, -0.2) is 16.1 Å². The van der Waals surface area contributed by atoms with E-state index in [-0.39, 0.29) is 6.42 Å². The van der Waals surface area contributed by atoms with Crippen LogP contribution >= 0.6 is 15.9 Å². The topological polar surface area (TPSA) is 63.3 Å². The molecule has 0 radical (unpaired) electrons. The summed E-state index contributed by atoms with van der Waals surface area (Å²) in [5, 5.41) is 8.54. The Balaban J connectivity index is 1.83. The fraction of sp³-hybridized carbons (Fsp3) is 0.333. The lowest BCUT2D eigenvalue weighted by Gasteiger charge is -1.98. The first-order chi connectivity index (χ1) is 9.65. The molecule has 0 atom stereocenters. The summed E-state index contributed by atoms with van der Waals surface area (Å²) < 4.78 is 6.72. The largest absolute Gasteiger partial charge is 0.481 e. The highest BCUT2D eigenvalue weighted by atomic mass is 79.9. The molecule has 1 aromatic carbocycles. The predicted octanol–water partition coefficient (Wildman–Crippen LogP) is 4.29. The van der Waals surface area contributed by atoms with Crippen LogP contribution in [0.1, 0.15) is 31.6 Å². The van der Waals surface area contributed by atoms with Crippen molar-refractivity contribution in [1.29, 1.82) is 0 Å². The minimum atomic E-state index is -0.737. The molecule has 0 amide bonds. The first-order valence-corrected chi connectivity index (χ1v) is 7.37. The summed E-state index contributed by atoms with van der Waals surface area (Å²) in [6.45, 7) is 0. The molecule has 0 bridgehead atoms. The Labute approximate surface area is 126 Å². The van der Waals surface area contributed by atoms with E-state index in [1.54, 1.807) is 6.20 Å². The lowest BCUT2D eigenvalue weighted by atomic mass is 10.1. The molecule has 0 aliphatic carbocycles. The molecule has 1 heterocycles. The van der Waals surface area contributed by atoms with Gasteiger partial charge in [-0.1, -0.05) is 34.5 Å². The zero-order valence-corrected chi connectivity index (χ0v) is 12.6. The molecule has 0 fully saturated rings. The smallest absolute Gasteiger partial charge is 0.303 e. The number of hydrogen-bond acceptors (Lipinski definition) is 3. The molecule has 4 nitrogen and oxygen atoms in total. The van der Waals surface area contributed by atoms with Crippen LogP contribution in [0.5, 0.6) is 0 Å². The highest BCUT2D eigenvalue weighted by Gasteiger charge is 2.06. The van der Waals surface area contributed by atoms with Crippen LogP contribution < -0.4 is 0 Å². The predicted molar refractivity (Wildman–Crippen MR) is 79.4 cm³/mol. The van der Waals surface area contributed by atoms with Gasteiger partial charge in [0.15, 0.2) is 11.7 Å². The Hall–Kier alpha value is -1.62. The van der Waals surface area contributed by atoms with E-state index in [9.17, 15) is 4.79 Å². The maximum absolute atomic E-state index is 10.4. The highest BCUT2D eigenvalue weighted by molar-refractivity contribution is 9.10. The maximum atomic E-state index is 10.4. The second-order valence-corrected chi connectivity index (χ2v) is 5.50. The quantitative estimate of drug-likeness (QED) is 0.765.